The Kier molecular flexibility index (Phi) is 4.05. The molecule has 0 spiro atoms. The fraction of sp³-hybridized carbons (Fsp3) is 0.333. The molecule has 0 bridgehead atoms. The van der Waals surface area contributed by atoms with Crippen LogP contribution in [-0.2, 0) is 7.05 Å². The first-order valence-corrected chi connectivity index (χ1v) is 8.45. The van der Waals surface area contributed by atoms with E-state index in [-0.39, 0.29) is 5.91 Å². The van der Waals surface area contributed by atoms with Crippen LogP contribution in [0.15, 0.2) is 43.0 Å². The maximum absolute atomic E-state index is 13.0. The molecular weight excluding hydrogens is 316 g/mol. The van der Waals surface area contributed by atoms with Gasteiger partial charge in [-0.1, -0.05) is 18.2 Å². The van der Waals surface area contributed by atoms with Gasteiger partial charge in [0.25, 0.3) is 5.91 Å². The fourth-order valence-electron chi connectivity index (χ4n) is 3.49. The third kappa shape index (κ3) is 2.93. The van der Waals surface area contributed by atoms with Crippen molar-refractivity contribution in [1.29, 1.82) is 0 Å². The number of aryl methyl sites for hydroxylation is 1. The predicted octanol–water partition coefficient (Wildman–Crippen LogP) is 2.22. The van der Waals surface area contributed by atoms with E-state index in [1.807, 2.05) is 48.6 Å². The molecule has 0 unspecified atom stereocenters. The van der Waals surface area contributed by atoms with Gasteiger partial charge in [0.1, 0.15) is 12.2 Å². The number of imidazole rings is 1. The average Bonchev–Trinajstić information content (AvgIpc) is 3.33. The minimum absolute atomic E-state index is 0.0466. The lowest BCUT2D eigenvalue weighted by Gasteiger charge is -2.32. The number of likely N-dealkylation sites (tertiary alicyclic amines) is 1. The van der Waals surface area contributed by atoms with Gasteiger partial charge >= 0.3 is 0 Å². The van der Waals surface area contributed by atoms with Gasteiger partial charge in [-0.05, 0) is 18.9 Å². The van der Waals surface area contributed by atoms with Gasteiger partial charge in [-0.2, -0.15) is 5.10 Å². The number of amides is 1. The van der Waals surface area contributed by atoms with Crippen LogP contribution >= 0.6 is 0 Å². The Hall–Kier alpha value is -2.96. The Labute approximate surface area is 145 Å². The lowest BCUT2D eigenvalue weighted by atomic mass is 9.95. The normalized spacial score (nSPS) is 15.5. The number of benzene rings is 1. The molecule has 0 aliphatic carbocycles. The number of carbonyl (C=O) groups is 1. The lowest BCUT2D eigenvalue weighted by Crippen LogP contribution is -2.38. The van der Waals surface area contributed by atoms with Gasteiger partial charge in [0.15, 0.2) is 5.82 Å². The summed E-state index contributed by atoms with van der Waals surface area (Å²) in [6.45, 7) is 1.47. The zero-order valence-electron chi connectivity index (χ0n) is 14.1. The van der Waals surface area contributed by atoms with Crippen molar-refractivity contribution in [2.45, 2.75) is 18.8 Å². The van der Waals surface area contributed by atoms with Crippen molar-refractivity contribution in [1.82, 2.24) is 29.6 Å². The predicted molar refractivity (Wildman–Crippen MR) is 92.9 cm³/mol. The zero-order valence-corrected chi connectivity index (χ0v) is 14.1. The molecule has 1 aliphatic heterocycles. The highest BCUT2D eigenvalue weighted by Gasteiger charge is 2.27. The van der Waals surface area contributed by atoms with Crippen molar-refractivity contribution < 1.29 is 4.79 Å². The topological polar surface area (TPSA) is 79.7 Å². The van der Waals surface area contributed by atoms with E-state index in [1.165, 1.54) is 6.33 Å². The molecule has 25 heavy (non-hydrogen) atoms. The summed E-state index contributed by atoms with van der Waals surface area (Å²) in [7, 11) is 2.02. The third-order valence-corrected chi connectivity index (χ3v) is 4.83. The standard InChI is InChI=1S/C18H20N6O/c1-23-11-8-19-17(23)13-6-9-24(10-7-13)18(25)15-5-3-2-4-14(15)16-20-12-21-22-16/h2-5,8,11-13H,6-7,9-10H2,1H3,(H,20,21,22). The number of carbonyl (C=O) groups excluding carboxylic acids is 1. The largest absolute Gasteiger partial charge is 0.339 e. The molecular formula is C18H20N6O. The van der Waals surface area contributed by atoms with Gasteiger partial charge in [-0.3, -0.25) is 9.89 Å². The first-order valence-electron chi connectivity index (χ1n) is 8.45. The van der Waals surface area contributed by atoms with Crippen molar-refractivity contribution in [3.05, 3.63) is 54.4 Å². The van der Waals surface area contributed by atoms with Crippen LogP contribution in [0.2, 0.25) is 0 Å². The monoisotopic (exact) mass is 336 g/mol. The van der Waals surface area contributed by atoms with Crippen LogP contribution in [0.25, 0.3) is 11.4 Å². The molecule has 1 N–H and O–H groups in total. The van der Waals surface area contributed by atoms with E-state index in [0.717, 1.165) is 37.3 Å². The van der Waals surface area contributed by atoms with Gasteiger partial charge < -0.3 is 9.47 Å². The van der Waals surface area contributed by atoms with Gasteiger partial charge in [0.05, 0.1) is 5.56 Å². The summed E-state index contributed by atoms with van der Waals surface area (Å²) in [5.74, 6) is 2.18. The highest BCUT2D eigenvalue weighted by molar-refractivity contribution is 6.00. The summed E-state index contributed by atoms with van der Waals surface area (Å²) in [6, 6.07) is 7.54. The number of aromatic nitrogens is 5. The van der Waals surface area contributed by atoms with Crippen molar-refractivity contribution in [2.24, 2.45) is 7.05 Å². The molecule has 0 atom stereocenters. The van der Waals surface area contributed by atoms with Crippen LogP contribution in [0, 0.1) is 0 Å². The number of piperidine rings is 1. The van der Waals surface area contributed by atoms with Gasteiger partial charge in [0, 0.05) is 44.0 Å². The van der Waals surface area contributed by atoms with Crippen LogP contribution < -0.4 is 0 Å². The number of nitrogens with one attached hydrogen (secondary N) is 1. The maximum Gasteiger partial charge on any atom is 0.254 e. The Bertz CT molecular complexity index is 861. The Morgan fingerprint density at radius 2 is 2.00 bits per heavy atom. The maximum atomic E-state index is 13.0. The van der Waals surface area contributed by atoms with Gasteiger partial charge in [-0.25, -0.2) is 9.97 Å². The third-order valence-electron chi connectivity index (χ3n) is 4.83. The fourth-order valence-corrected chi connectivity index (χ4v) is 3.49. The van der Waals surface area contributed by atoms with E-state index in [4.69, 9.17) is 0 Å². The van der Waals surface area contributed by atoms with E-state index < -0.39 is 0 Å². The van der Waals surface area contributed by atoms with E-state index in [2.05, 4.69) is 24.7 Å². The molecule has 7 nitrogen and oxygen atoms in total. The first-order chi connectivity index (χ1) is 12.2. The number of aromatic amines is 1. The molecule has 3 aromatic rings. The molecule has 1 fully saturated rings. The Balaban J connectivity index is 1.51. The Morgan fingerprint density at radius 1 is 1.20 bits per heavy atom. The minimum Gasteiger partial charge on any atom is -0.339 e. The molecule has 1 saturated heterocycles. The molecule has 0 radical (unpaired) electrons. The smallest absolute Gasteiger partial charge is 0.254 e. The number of H-pyrrole nitrogens is 1. The number of rotatable bonds is 3. The summed E-state index contributed by atoms with van der Waals surface area (Å²) in [6.07, 6.45) is 7.12. The van der Waals surface area contributed by atoms with Crippen LogP contribution in [0.1, 0.15) is 34.9 Å². The molecule has 1 amide bonds. The number of hydrogen-bond acceptors (Lipinski definition) is 4. The lowest BCUT2D eigenvalue weighted by molar-refractivity contribution is 0.0711. The van der Waals surface area contributed by atoms with Gasteiger partial charge in [-0.15, -0.1) is 0 Å². The van der Waals surface area contributed by atoms with E-state index in [9.17, 15) is 4.79 Å². The molecule has 1 aliphatic rings. The molecule has 7 heteroatoms. The first kappa shape index (κ1) is 15.6. The van der Waals surface area contributed by atoms with Gasteiger partial charge in [0.2, 0.25) is 0 Å². The van der Waals surface area contributed by atoms with Crippen LogP contribution in [0.3, 0.4) is 0 Å². The van der Waals surface area contributed by atoms with Crippen LogP contribution in [0.4, 0.5) is 0 Å². The SMILES string of the molecule is Cn1ccnc1C1CCN(C(=O)c2ccccc2-c2ncn[nH]2)CC1. The average molecular weight is 336 g/mol. The van der Waals surface area contributed by atoms with Crippen LogP contribution in [0.5, 0.6) is 0 Å². The molecule has 128 valence electrons. The van der Waals surface area contributed by atoms with Crippen molar-refractivity contribution in [3.8, 4) is 11.4 Å². The Morgan fingerprint density at radius 3 is 2.68 bits per heavy atom. The summed E-state index contributed by atoms with van der Waals surface area (Å²) in [5, 5.41) is 6.73. The second kappa shape index (κ2) is 6.51. The summed E-state index contributed by atoms with van der Waals surface area (Å²) >= 11 is 0. The van der Waals surface area contributed by atoms with Crippen molar-refractivity contribution in [3.63, 3.8) is 0 Å². The van der Waals surface area contributed by atoms with E-state index in [1.54, 1.807) is 0 Å². The highest BCUT2D eigenvalue weighted by atomic mass is 16.2. The van der Waals surface area contributed by atoms with Crippen molar-refractivity contribution >= 4 is 5.91 Å². The second-order valence-corrected chi connectivity index (χ2v) is 6.34. The molecule has 4 rings (SSSR count). The zero-order chi connectivity index (χ0) is 17.2. The number of hydrogen-bond donors (Lipinski definition) is 1. The summed E-state index contributed by atoms with van der Waals surface area (Å²) < 4.78 is 2.07. The summed E-state index contributed by atoms with van der Waals surface area (Å²) in [4.78, 5) is 23.6. The summed E-state index contributed by atoms with van der Waals surface area (Å²) in [5.41, 5.74) is 1.45. The minimum atomic E-state index is 0.0466. The van der Waals surface area contributed by atoms with E-state index in [0.29, 0.717) is 17.3 Å². The molecule has 0 saturated carbocycles. The number of nitrogens with zero attached hydrogens (tertiary/aromatic N) is 5. The van der Waals surface area contributed by atoms with Crippen LogP contribution in [-0.4, -0.2) is 48.6 Å². The quantitative estimate of drug-likeness (QED) is 0.795. The van der Waals surface area contributed by atoms with Crippen molar-refractivity contribution in [2.75, 3.05) is 13.1 Å². The second-order valence-electron chi connectivity index (χ2n) is 6.34. The molecule has 3 heterocycles. The molecule has 1 aromatic carbocycles. The molecule has 2 aromatic heterocycles. The van der Waals surface area contributed by atoms with E-state index >= 15 is 0 Å². The highest BCUT2D eigenvalue weighted by Crippen LogP contribution is 2.28.